The Morgan fingerprint density at radius 3 is 2.42 bits per heavy atom. The van der Waals surface area contributed by atoms with E-state index in [4.69, 9.17) is 4.74 Å². The summed E-state index contributed by atoms with van der Waals surface area (Å²) in [5.41, 5.74) is 0.560. The highest BCUT2D eigenvalue weighted by atomic mass is 19.1. The van der Waals surface area contributed by atoms with E-state index >= 15 is 0 Å². The molecule has 1 aromatic rings. The Hall–Kier alpha value is -1.76. The standard InChI is InChI=1S/C19H29FN4O2/c1-19(2,3)26-18(25)24-8-4-5-16(13-24)23-9-6-14(7-10-23)15-11-21-17(20)22-12-15/h11-12,14,16H,4-10,13H2,1-3H3. The Labute approximate surface area is 154 Å². The van der Waals surface area contributed by atoms with Gasteiger partial charge >= 0.3 is 12.2 Å². The lowest BCUT2D eigenvalue weighted by molar-refractivity contribution is 0.00827. The van der Waals surface area contributed by atoms with Crippen LogP contribution in [0.3, 0.4) is 0 Å². The van der Waals surface area contributed by atoms with Crippen LogP contribution in [-0.4, -0.2) is 63.7 Å². The summed E-state index contributed by atoms with van der Waals surface area (Å²) in [6.45, 7) is 9.17. The van der Waals surface area contributed by atoms with Gasteiger partial charge in [-0.2, -0.15) is 4.39 Å². The highest BCUT2D eigenvalue weighted by molar-refractivity contribution is 5.68. The predicted octanol–water partition coefficient (Wildman–Crippen LogP) is 3.19. The summed E-state index contributed by atoms with van der Waals surface area (Å²) in [6, 6.07) is 0.390. The van der Waals surface area contributed by atoms with Crippen molar-refractivity contribution in [3.8, 4) is 0 Å². The molecule has 1 atom stereocenters. The quantitative estimate of drug-likeness (QED) is 0.754. The Bertz CT molecular complexity index is 609. The molecule has 1 amide bonds. The second-order valence-electron chi connectivity index (χ2n) is 8.32. The number of halogens is 1. The summed E-state index contributed by atoms with van der Waals surface area (Å²) < 4.78 is 18.4. The number of piperidine rings is 2. The molecule has 0 bridgehead atoms. The predicted molar refractivity (Wildman–Crippen MR) is 96.4 cm³/mol. The maximum atomic E-state index is 12.9. The van der Waals surface area contributed by atoms with Gasteiger partial charge in [-0.25, -0.2) is 14.8 Å². The van der Waals surface area contributed by atoms with Crippen molar-refractivity contribution < 1.29 is 13.9 Å². The number of rotatable bonds is 2. The van der Waals surface area contributed by atoms with Crippen molar-refractivity contribution in [1.29, 1.82) is 0 Å². The van der Waals surface area contributed by atoms with Crippen LogP contribution in [0.5, 0.6) is 0 Å². The molecule has 0 N–H and O–H groups in total. The average molecular weight is 364 g/mol. The molecule has 0 saturated carbocycles. The molecule has 0 radical (unpaired) electrons. The first-order valence-corrected chi connectivity index (χ1v) is 9.51. The van der Waals surface area contributed by atoms with Crippen molar-refractivity contribution in [2.24, 2.45) is 0 Å². The van der Waals surface area contributed by atoms with Crippen LogP contribution in [0, 0.1) is 6.08 Å². The molecule has 1 unspecified atom stereocenters. The molecule has 0 aromatic carbocycles. The Kier molecular flexibility index (Phi) is 5.75. The third-order valence-electron chi connectivity index (χ3n) is 5.21. The fourth-order valence-electron chi connectivity index (χ4n) is 3.88. The van der Waals surface area contributed by atoms with Gasteiger partial charge in [-0.1, -0.05) is 0 Å². The molecular formula is C19H29FN4O2. The normalized spacial score (nSPS) is 23.1. The second-order valence-corrected chi connectivity index (χ2v) is 8.32. The van der Waals surface area contributed by atoms with Crippen LogP contribution < -0.4 is 0 Å². The molecule has 7 heteroatoms. The van der Waals surface area contributed by atoms with Crippen molar-refractivity contribution in [3.63, 3.8) is 0 Å². The molecular weight excluding hydrogens is 335 g/mol. The van der Waals surface area contributed by atoms with Gasteiger partial charge in [0.15, 0.2) is 0 Å². The average Bonchev–Trinajstić information content (AvgIpc) is 2.61. The number of hydrogen-bond acceptors (Lipinski definition) is 5. The van der Waals surface area contributed by atoms with Crippen molar-refractivity contribution in [3.05, 3.63) is 24.0 Å². The third kappa shape index (κ3) is 4.90. The Morgan fingerprint density at radius 1 is 1.15 bits per heavy atom. The number of likely N-dealkylation sites (tertiary alicyclic amines) is 2. The van der Waals surface area contributed by atoms with Crippen LogP contribution in [0.4, 0.5) is 9.18 Å². The summed E-state index contributed by atoms with van der Waals surface area (Å²) in [5, 5.41) is 0. The maximum absolute atomic E-state index is 12.9. The van der Waals surface area contributed by atoms with Crippen molar-refractivity contribution in [2.45, 2.75) is 64.0 Å². The zero-order valence-corrected chi connectivity index (χ0v) is 15.9. The van der Waals surface area contributed by atoms with E-state index in [1.54, 1.807) is 12.4 Å². The van der Waals surface area contributed by atoms with Gasteiger partial charge in [0.05, 0.1) is 0 Å². The van der Waals surface area contributed by atoms with Gasteiger partial charge in [0, 0.05) is 31.5 Å². The first-order chi connectivity index (χ1) is 12.3. The number of carbonyl (C=O) groups is 1. The monoisotopic (exact) mass is 364 g/mol. The van der Waals surface area contributed by atoms with Gasteiger partial charge < -0.3 is 9.64 Å². The van der Waals surface area contributed by atoms with Crippen LogP contribution in [0.1, 0.15) is 57.9 Å². The van der Waals surface area contributed by atoms with Gasteiger partial charge in [0.2, 0.25) is 0 Å². The van der Waals surface area contributed by atoms with Crippen LogP contribution in [0.25, 0.3) is 0 Å². The van der Waals surface area contributed by atoms with E-state index in [2.05, 4.69) is 14.9 Å². The highest BCUT2D eigenvalue weighted by Gasteiger charge is 2.32. The van der Waals surface area contributed by atoms with E-state index in [0.717, 1.165) is 57.4 Å². The van der Waals surface area contributed by atoms with Gasteiger partial charge in [0.1, 0.15) is 5.60 Å². The smallest absolute Gasteiger partial charge is 0.410 e. The first kappa shape index (κ1) is 19.0. The van der Waals surface area contributed by atoms with E-state index in [0.29, 0.717) is 12.0 Å². The summed E-state index contributed by atoms with van der Waals surface area (Å²) in [4.78, 5) is 24.0. The molecule has 2 fully saturated rings. The lowest BCUT2D eigenvalue weighted by atomic mass is 9.89. The maximum Gasteiger partial charge on any atom is 0.410 e. The topological polar surface area (TPSA) is 58.6 Å². The number of carbonyl (C=O) groups excluding carboxylic acids is 1. The van der Waals surface area contributed by atoms with Crippen molar-refractivity contribution in [1.82, 2.24) is 19.8 Å². The highest BCUT2D eigenvalue weighted by Crippen LogP contribution is 2.30. The number of ether oxygens (including phenoxy) is 1. The third-order valence-corrected chi connectivity index (χ3v) is 5.21. The molecule has 2 saturated heterocycles. The van der Waals surface area contributed by atoms with Crippen molar-refractivity contribution >= 4 is 6.09 Å². The SMILES string of the molecule is CC(C)(C)OC(=O)N1CCCC(N2CCC(c3cnc(F)nc3)CC2)C1. The molecule has 0 spiro atoms. The van der Waals surface area contributed by atoms with Crippen LogP contribution in [-0.2, 0) is 4.74 Å². The molecule has 26 heavy (non-hydrogen) atoms. The summed E-state index contributed by atoms with van der Waals surface area (Å²) in [7, 11) is 0. The van der Waals surface area contributed by atoms with Crippen LogP contribution in [0.15, 0.2) is 12.4 Å². The molecule has 2 aliphatic rings. The van der Waals surface area contributed by atoms with E-state index in [1.165, 1.54) is 0 Å². The zero-order valence-electron chi connectivity index (χ0n) is 15.9. The lowest BCUT2D eigenvalue weighted by Crippen LogP contribution is -2.52. The minimum absolute atomic E-state index is 0.208. The lowest BCUT2D eigenvalue weighted by Gasteiger charge is -2.42. The molecule has 3 rings (SSSR count). The number of hydrogen-bond donors (Lipinski definition) is 0. The fourth-order valence-corrected chi connectivity index (χ4v) is 3.88. The molecule has 6 nitrogen and oxygen atoms in total. The molecule has 0 aliphatic carbocycles. The van der Waals surface area contributed by atoms with E-state index in [9.17, 15) is 9.18 Å². The van der Waals surface area contributed by atoms with Crippen molar-refractivity contribution in [2.75, 3.05) is 26.2 Å². The first-order valence-electron chi connectivity index (χ1n) is 9.51. The van der Waals surface area contributed by atoms with Gasteiger partial charge in [-0.15, -0.1) is 0 Å². The fraction of sp³-hybridized carbons (Fsp3) is 0.737. The van der Waals surface area contributed by atoms with Crippen LogP contribution in [0.2, 0.25) is 0 Å². The van der Waals surface area contributed by atoms with E-state index < -0.39 is 11.7 Å². The van der Waals surface area contributed by atoms with Gasteiger partial charge in [0.25, 0.3) is 0 Å². The second kappa shape index (κ2) is 7.86. The summed E-state index contributed by atoms with van der Waals surface area (Å²) in [6.07, 6.45) is 6.48. The Balaban J connectivity index is 1.52. The van der Waals surface area contributed by atoms with Crippen LogP contribution >= 0.6 is 0 Å². The molecule has 1 aromatic heterocycles. The largest absolute Gasteiger partial charge is 0.444 e. The number of nitrogens with zero attached hydrogens (tertiary/aromatic N) is 4. The zero-order chi connectivity index (χ0) is 18.7. The molecule has 2 aliphatic heterocycles. The van der Waals surface area contributed by atoms with Gasteiger partial charge in [-0.3, -0.25) is 4.90 Å². The Morgan fingerprint density at radius 2 is 1.81 bits per heavy atom. The van der Waals surface area contributed by atoms with E-state index in [-0.39, 0.29) is 6.09 Å². The summed E-state index contributed by atoms with van der Waals surface area (Å²) in [5.74, 6) is 0.386. The molecule has 144 valence electrons. The number of amides is 1. The molecule has 3 heterocycles. The minimum atomic E-state index is -0.671. The van der Waals surface area contributed by atoms with Gasteiger partial charge in [-0.05, 0) is 71.0 Å². The number of aromatic nitrogens is 2. The minimum Gasteiger partial charge on any atom is -0.444 e. The van der Waals surface area contributed by atoms with E-state index in [1.807, 2.05) is 25.7 Å². The summed E-state index contributed by atoms with van der Waals surface area (Å²) >= 11 is 0.